The molecule has 0 heterocycles. The highest BCUT2D eigenvalue weighted by molar-refractivity contribution is 4.94. The van der Waals surface area contributed by atoms with Gasteiger partial charge in [0, 0.05) is 0 Å². The molecule has 0 aliphatic heterocycles. The van der Waals surface area contributed by atoms with Gasteiger partial charge in [-0.2, -0.15) is 0 Å². The highest BCUT2D eigenvalue weighted by Crippen LogP contribution is 2.02. The highest BCUT2D eigenvalue weighted by Gasteiger charge is 1.84. The molecule has 0 spiro atoms. The predicted molar refractivity (Wildman–Crippen MR) is 40.4 cm³/mol. The second-order valence-corrected chi connectivity index (χ2v) is 2.08. The van der Waals surface area contributed by atoms with Gasteiger partial charge in [0.2, 0.25) is 0 Å². The van der Waals surface area contributed by atoms with Gasteiger partial charge in [0.15, 0.2) is 0 Å². The van der Waals surface area contributed by atoms with E-state index in [0.717, 1.165) is 18.4 Å². The smallest absolute Gasteiger partial charge is 0.0780 e. The maximum Gasteiger partial charge on any atom is 0.0780 e. The molecule has 9 heavy (non-hydrogen) atoms. The van der Waals surface area contributed by atoms with Crippen LogP contribution >= 0.6 is 0 Å². The summed E-state index contributed by atoms with van der Waals surface area (Å²) < 4.78 is 0. The minimum absolute atomic E-state index is 0.959. The average molecular weight is 126 g/mol. The van der Waals surface area contributed by atoms with E-state index < -0.39 is 0 Å². The molecule has 0 aromatic heterocycles. The van der Waals surface area contributed by atoms with Crippen molar-refractivity contribution in [3.8, 4) is 0 Å². The quantitative estimate of drug-likeness (QED) is 0.455. The fraction of sp³-hybridized carbons (Fsp3) is 0.500. The van der Waals surface area contributed by atoms with Crippen molar-refractivity contribution in [3.63, 3.8) is 0 Å². The van der Waals surface area contributed by atoms with Crippen LogP contribution in [0.4, 0.5) is 0 Å². The lowest BCUT2D eigenvalue weighted by molar-refractivity contribution is 0.464. The van der Waals surface area contributed by atoms with Crippen molar-refractivity contribution < 1.29 is 5.11 Å². The van der Waals surface area contributed by atoms with Gasteiger partial charge < -0.3 is 5.11 Å². The lowest BCUT2D eigenvalue weighted by Crippen LogP contribution is -1.73. The zero-order chi connectivity index (χ0) is 7.11. The van der Waals surface area contributed by atoms with Crippen LogP contribution in [0.2, 0.25) is 0 Å². The molecule has 0 saturated heterocycles. The van der Waals surface area contributed by atoms with E-state index in [-0.39, 0.29) is 0 Å². The average Bonchev–Trinajstić information content (AvgIpc) is 1.89. The highest BCUT2D eigenvalue weighted by atomic mass is 16.2. The predicted octanol–water partition coefficient (Wildman–Crippen LogP) is 2.80. The van der Waals surface area contributed by atoms with Crippen molar-refractivity contribution in [1.82, 2.24) is 0 Å². The Hall–Kier alpha value is -0.720. The molecule has 0 aromatic rings. The molecule has 0 saturated carbocycles. The van der Waals surface area contributed by atoms with E-state index >= 15 is 0 Å². The van der Waals surface area contributed by atoms with E-state index in [2.05, 4.69) is 6.08 Å². The third-order valence-corrected chi connectivity index (χ3v) is 1.16. The molecular formula is C8H14O. The number of hydrogen-bond donors (Lipinski definition) is 1. The molecule has 0 atom stereocenters. The van der Waals surface area contributed by atoms with Crippen LogP contribution in [0.5, 0.6) is 0 Å². The zero-order valence-electron chi connectivity index (χ0n) is 6.09. The summed E-state index contributed by atoms with van der Waals surface area (Å²) in [7, 11) is 0. The molecule has 0 aromatic carbocycles. The van der Waals surface area contributed by atoms with Crippen molar-refractivity contribution in [1.29, 1.82) is 0 Å². The Labute approximate surface area is 56.7 Å². The van der Waals surface area contributed by atoms with E-state index in [1.165, 1.54) is 6.26 Å². The standard InChI is InChI=1S/C8H14O/c1-3-4-5-6-8(2)7-9/h3-4,7,9H,5-6H2,1-2H3/b4-3+,8-7+. The third kappa shape index (κ3) is 5.15. The first-order valence-electron chi connectivity index (χ1n) is 3.22. The fourth-order valence-electron chi connectivity index (χ4n) is 0.542. The van der Waals surface area contributed by atoms with Crippen LogP contribution in [0, 0.1) is 0 Å². The Morgan fingerprint density at radius 2 is 2.22 bits per heavy atom. The summed E-state index contributed by atoms with van der Waals surface area (Å²) in [4.78, 5) is 0. The number of rotatable bonds is 3. The summed E-state index contributed by atoms with van der Waals surface area (Å²) in [6.07, 6.45) is 7.27. The molecule has 1 nitrogen and oxygen atoms in total. The summed E-state index contributed by atoms with van der Waals surface area (Å²) in [5, 5.41) is 8.45. The van der Waals surface area contributed by atoms with Gasteiger partial charge in [0.25, 0.3) is 0 Å². The van der Waals surface area contributed by atoms with Crippen molar-refractivity contribution in [3.05, 3.63) is 24.0 Å². The molecule has 0 bridgehead atoms. The second kappa shape index (κ2) is 5.42. The Balaban J connectivity index is 3.28. The first kappa shape index (κ1) is 8.28. The van der Waals surface area contributed by atoms with Crippen molar-refractivity contribution in [2.24, 2.45) is 0 Å². The van der Waals surface area contributed by atoms with Crippen molar-refractivity contribution in [2.75, 3.05) is 0 Å². The van der Waals surface area contributed by atoms with Gasteiger partial charge in [-0.3, -0.25) is 0 Å². The summed E-state index contributed by atoms with van der Waals surface area (Å²) in [5.41, 5.74) is 1.04. The number of allylic oxidation sites excluding steroid dienone is 3. The first-order chi connectivity index (χ1) is 4.31. The van der Waals surface area contributed by atoms with Crippen LogP contribution < -0.4 is 0 Å². The molecule has 1 N–H and O–H groups in total. The number of aliphatic hydroxyl groups is 1. The SMILES string of the molecule is C/C=C/CC/C(C)=C/O. The van der Waals surface area contributed by atoms with E-state index in [9.17, 15) is 0 Å². The number of aliphatic hydroxyl groups excluding tert-OH is 1. The van der Waals surface area contributed by atoms with Crippen LogP contribution in [0.25, 0.3) is 0 Å². The molecule has 0 amide bonds. The van der Waals surface area contributed by atoms with Crippen molar-refractivity contribution >= 4 is 0 Å². The zero-order valence-corrected chi connectivity index (χ0v) is 6.09. The summed E-state index contributed by atoms with van der Waals surface area (Å²) in [6, 6.07) is 0. The van der Waals surface area contributed by atoms with Gasteiger partial charge in [-0.15, -0.1) is 0 Å². The topological polar surface area (TPSA) is 20.2 Å². The molecule has 0 aliphatic rings. The Kier molecular flexibility index (Phi) is 4.98. The maximum atomic E-state index is 8.45. The minimum Gasteiger partial charge on any atom is -0.516 e. The Morgan fingerprint density at radius 3 is 2.67 bits per heavy atom. The van der Waals surface area contributed by atoms with Crippen LogP contribution in [0.3, 0.4) is 0 Å². The molecular weight excluding hydrogens is 112 g/mol. The minimum atomic E-state index is 0.959. The normalized spacial score (nSPS) is 12.9. The second-order valence-electron chi connectivity index (χ2n) is 2.08. The fourth-order valence-corrected chi connectivity index (χ4v) is 0.542. The largest absolute Gasteiger partial charge is 0.516 e. The Bertz CT molecular complexity index is 112. The van der Waals surface area contributed by atoms with Crippen molar-refractivity contribution in [2.45, 2.75) is 26.7 Å². The van der Waals surface area contributed by atoms with Gasteiger partial charge in [-0.1, -0.05) is 12.2 Å². The van der Waals surface area contributed by atoms with E-state index in [0.29, 0.717) is 0 Å². The van der Waals surface area contributed by atoms with E-state index in [4.69, 9.17) is 5.11 Å². The molecule has 0 radical (unpaired) electrons. The van der Waals surface area contributed by atoms with Gasteiger partial charge in [0.1, 0.15) is 0 Å². The van der Waals surface area contributed by atoms with Crippen LogP contribution in [0.1, 0.15) is 26.7 Å². The molecule has 1 heteroatoms. The maximum absolute atomic E-state index is 8.45. The van der Waals surface area contributed by atoms with Crippen LogP contribution in [0.15, 0.2) is 24.0 Å². The summed E-state index contributed by atoms with van der Waals surface area (Å²) >= 11 is 0. The van der Waals surface area contributed by atoms with Gasteiger partial charge >= 0.3 is 0 Å². The molecule has 0 fully saturated rings. The lowest BCUT2D eigenvalue weighted by atomic mass is 10.2. The molecule has 0 rings (SSSR count). The van der Waals surface area contributed by atoms with Gasteiger partial charge in [0.05, 0.1) is 6.26 Å². The van der Waals surface area contributed by atoms with E-state index in [1.54, 1.807) is 0 Å². The number of hydrogen-bond acceptors (Lipinski definition) is 1. The summed E-state index contributed by atoms with van der Waals surface area (Å²) in [6.45, 7) is 3.92. The van der Waals surface area contributed by atoms with Gasteiger partial charge in [-0.25, -0.2) is 0 Å². The Morgan fingerprint density at radius 1 is 1.56 bits per heavy atom. The first-order valence-corrected chi connectivity index (χ1v) is 3.22. The van der Waals surface area contributed by atoms with E-state index in [1.807, 2.05) is 19.9 Å². The third-order valence-electron chi connectivity index (χ3n) is 1.16. The molecule has 0 aliphatic carbocycles. The lowest BCUT2D eigenvalue weighted by Gasteiger charge is -1.91. The monoisotopic (exact) mass is 126 g/mol. The van der Waals surface area contributed by atoms with Gasteiger partial charge in [-0.05, 0) is 32.3 Å². The molecule has 52 valence electrons. The van der Waals surface area contributed by atoms with Crippen LogP contribution in [-0.2, 0) is 0 Å². The van der Waals surface area contributed by atoms with Crippen LogP contribution in [-0.4, -0.2) is 5.11 Å². The summed E-state index contributed by atoms with van der Waals surface area (Å²) in [5.74, 6) is 0. The molecule has 0 unspecified atom stereocenters.